The molecule has 0 radical (unpaired) electrons. The maximum absolute atomic E-state index is 12.1. The molecule has 2 aromatic carbocycles. The number of amides is 1. The summed E-state index contributed by atoms with van der Waals surface area (Å²) in [7, 11) is 1.65. The summed E-state index contributed by atoms with van der Waals surface area (Å²) >= 11 is 0. The highest BCUT2D eigenvalue weighted by atomic mass is 16.5. The Kier molecular flexibility index (Phi) is 6.58. The number of methoxy groups -OCH3 is 1. The Balaban J connectivity index is 1.43. The fourth-order valence-corrected chi connectivity index (χ4v) is 2.90. The van der Waals surface area contributed by atoms with Crippen molar-refractivity contribution in [2.24, 2.45) is 0 Å². The number of rotatable bonds is 8. The van der Waals surface area contributed by atoms with Gasteiger partial charge in [-0.25, -0.2) is 0 Å². The van der Waals surface area contributed by atoms with Crippen LogP contribution in [0.4, 0.5) is 0 Å². The minimum absolute atomic E-state index is 0.0179. The smallest absolute Gasteiger partial charge is 0.285 e. The number of benzene rings is 2. The highest BCUT2D eigenvalue weighted by Crippen LogP contribution is 2.11. The number of nitrogens with zero attached hydrogens (tertiary/aromatic N) is 1. The van der Waals surface area contributed by atoms with Gasteiger partial charge in [-0.15, -0.1) is 0 Å². The number of carbonyl (C=O) groups excluding carboxylic acids is 1. The van der Waals surface area contributed by atoms with E-state index in [0.717, 1.165) is 18.6 Å². The molecule has 0 saturated carbocycles. The van der Waals surface area contributed by atoms with E-state index < -0.39 is 0 Å². The molecule has 1 amide bonds. The van der Waals surface area contributed by atoms with Crippen LogP contribution >= 0.6 is 0 Å². The number of hydrogen-bond acceptors (Lipinski definition) is 2. The van der Waals surface area contributed by atoms with E-state index >= 15 is 0 Å². The molecular formula is C23H25N2O2+. The van der Waals surface area contributed by atoms with Crippen LogP contribution in [-0.2, 0) is 24.2 Å². The second-order valence-corrected chi connectivity index (χ2v) is 6.49. The van der Waals surface area contributed by atoms with Gasteiger partial charge in [-0.3, -0.25) is 4.79 Å². The van der Waals surface area contributed by atoms with Gasteiger partial charge in [0.15, 0.2) is 12.4 Å². The molecular weight excluding hydrogens is 336 g/mol. The van der Waals surface area contributed by atoms with Crippen molar-refractivity contribution in [1.82, 2.24) is 5.32 Å². The molecule has 4 heteroatoms. The summed E-state index contributed by atoms with van der Waals surface area (Å²) in [5.74, 6) is 0.860. The lowest BCUT2D eigenvalue weighted by Gasteiger charge is -2.05. The van der Waals surface area contributed by atoms with Gasteiger partial charge in [-0.2, -0.15) is 4.57 Å². The average molecular weight is 361 g/mol. The third-order valence-corrected chi connectivity index (χ3v) is 4.43. The molecule has 138 valence electrons. The van der Waals surface area contributed by atoms with E-state index in [-0.39, 0.29) is 5.91 Å². The first-order valence-corrected chi connectivity index (χ1v) is 9.14. The Labute approximate surface area is 160 Å². The van der Waals surface area contributed by atoms with Crippen LogP contribution in [0.2, 0.25) is 0 Å². The van der Waals surface area contributed by atoms with Gasteiger partial charge in [0.05, 0.1) is 7.11 Å². The Morgan fingerprint density at radius 3 is 2.22 bits per heavy atom. The van der Waals surface area contributed by atoms with Crippen molar-refractivity contribution in [2.75, 3.05) is 13.7 Å². The molecule has 4 nitrogen and oxygen atoms in total. The largest absolute Gasteiger partial charge is 0.497 e. The van der Waals surface area contributed by atoms with E-state index in [0.29, 0.717) is 13.1 Å². The van der Waals surface area contributed by atoms with Crippen LogP contribution in [0, 0.1) is 0 Å². The normalized spacial score (nSPS) is 10.4. The Morgan fingerprint density at radius 2 is 1.56 bits per heavy atom. The van der Waals surface area contributed by atoms with Gasteiger partial charge >= 0.3 is 0 Å². The minimum atomic E-state index is 0.0179. The summed E-state index contributed by atoms with van der Waals surface area (Å²) < 4.78 is 7.05. The van der Waals surface area contributed by atoms with E-state index in [4.69, 9.17) is 4.74 Å². The highest BCUT2D eigenvalue weighted by Gasteiger charge is 2.09. The summed E-state index contributed by atoms with van der Waals surface area (Å²) in [6, 6.07) is 22.4. The Bertz CT molecular complexity index is 844. The molecule has 0 unspecified atom stereocenters. The number of nitrogens with one attached hydrogen (secondary N) is 1. The lowest BCUT2D eigenvalue weighted by molar-refractivity contribution is -0.684. The molecule has 1 heterocycles. The molecule has 0 bridgehead atoms. The predicted octanol–water partition coefficient (Wildman–Crippen LogP) is 2.93. The zero-order chi connectivity index (χ0) is 18.9. The maximum Gasteiger partial charge on any atom is 0.285 e. The highest BCUT2D eigenvalue weighted by molar-refractivity contribution is 5.74. The molecule has 3 rings (SSSR count). The van der Waals surface area contributed by atoms with Crippen LogP contribution < -0.4 is 14.6 Å². The lowest BCUT2D eigenvalue weighted by Crippen LogP contribution is -2.42. The van der Waals surface area contributed by atoms with Gasteiger partial charge in [0.25, 0.3) is 5.91 Å². The fraction of sp³-hybridized carbons (Fsp3) is 0.217. The molecule has 27 heavy (non-hydrogen) atoms. The van der Waals surface area contributed by atoms with Gasteiger partial charge in [-0.05, 0) is 41.7 Å². The predicted molar refractivity (Wildman–Crippen MR) is 106 cm³/mol. The topological polar surface area (TPSA) is 42.2 Å². The number of carbonyl (C=O) groups is 1. The second kappa shape index (κ2) is 9.53. The monoisotopic (exact) mass is 361 g/mol. The molecule has 0 aliphatic carbocycles. The second-order valence-electron chi connectivity index (χ2n) is 6.49. The maximum atomic E-state index is 12.1. The van der Waals surface area contributed by atoms with Crippen molar-refractivity contribution in [3.05, 3.63) is 95.8 Å². The molecule has 0 fully saturated rings. The van der Waals surface area contributed by atoms with Crippen LogP contribution in [0.15, 0.2) is 79.1 Å². The SMILES string of the molecule is COc1ccc(CCNC(=O)C[n+]2ccc(Cc3ccccc3)cc2)cc1. The van der Waals surface area contributed by atoms with Crippen molar-refractivity contribution < 1.29 is 14.1 Å². The number of pyridine rings is 1. The van der Waals surface area contributed by atoms with Gasteiger partial charge in [-0.1, -0.05) is 42.5 Å². The van der Waals surface area contributed by atoms with E-state index in [1.54, 1.807) is 7.11 Å². The zero-order valence-corrected chi connectivity index (χ0v) is 15.6. The van der Waals surface area contributed by atoms with E-state index in [1.165, 1.54) is 16.7 Å². The van der Waals surface area contributed by atoms with Gasteiger partial charge in [0.1, 0.15) is 5.75 Å². The summed E-state index contributed by atoms with van der Waals surface area (Å²) in [5, 5.41) is 2.97. The molecule has 1 aromatic heterocycles. The summed E-state index contributed by atoms with van der Waals surface area (Å²) in [6.45, 7) is 0.950. The Hall–Kier alpha value is -3.14. The summed E-state index contributed by atoms with van der Waals surface area (Å²) in [6.07, 6.45) is 5.62. The number of hydrogen-bond donors (Lipinski definition) is 1. The average Bonchev–Trinajstić information content (AvgIpc) is 2.71. The summed E-state index contributed by atoms with van der Waals surface area (Å²) in [4.78, 5) is 12.1. The van der Waals surface area contributed by atoms with Crippen LogP contribution in [0.5, 0.6) is 5.75 Å². The summed E-state index contributed by atoms with van der Waals surface area (Å²) in [5.41, 5.74) is 3.69. The van der Waals surface area contributed by atoms with Gasteiger partial charge in [0, 0.05) is 18.7 Å². The van der Waals surface area contributed by atoms with E-state index in [1.807, 2.05) is 47.3 Å². The van der Waals surface area contributed by atoms with Crippen molar-refractivity contribution in [1.29, 1.82) is 0 Å². The van der Waals surface area contributed by atoms with Crippen LogP contribution in [-0.4, -0.2) is 19.6 Å². The first-order chi connectivity index (χ1) is 13.2. The Morgan fingerprint density at radius 1 is 0.889 bits per heavy atom. The standard InChI is InChI=1S/C23H24N2O2/c1-27-22-9-7-19(8-10-22)11-14-24-23(26)18-25-15-12-21(13-16-25)17-20-5-3-2-4-6-20/h2-10,12-13,15-16H,11,14,17-18H2,1H3/p+1. The van der Waals surface area contributed by atoms with Crippen molar-refractivity contribution >= 4 is 5.91 Å². The van der Waals surface area contributed by atoms with Crippen molar-refractivity contribution in [3.63, 3.8) is 0 Å². The van der Waals surface area contributed by atoms with Crippen LogP contribution in [0.3, 0.4) is 0 Å². The van der Waals surface area contributed by atoms with E-state index in [2.05, 4.69) is 41.7 Å². The zero-order valence-electron chi connectivity index (χ0n) is 15.6. The third kappa shape index (κ3) is 5.96. The van der Waals surface area contributed by atoms with E-state index in [9.17, 15) is 4.79 Å². The quantitative estimate of drug-likeness (QED) is 0.627. The first-order valence-electron chi connectivity index (χ1n) is 9.14. The molecule has 0 aliphatic rings. The van der Waals surface area contributed by atoms with Crippen molar-refractivity contribution in [2.45, 2.75) is 19.4 Å². The molecule has 1 N–H and O–H groups in total. The van der Waals surface area contributed by atoms with Crippen LogP contribution in [0.1, 0.15) is 16.7 Å². The minimum Gasteiger partial charge on any atom is -0.497 e. The van der Waals surface area contributed by atoms with Crippen molar-refractivity contribution in [3.8, 4) is 5.75 Å². The van der Waals surface area contributed by atoms with Gasteiger partial charge < -0.3 is 10.1 Å². The molecule has 0 aliphatic heterocycles. The molecule has 3 aromatic rings. The lowest BCUT2D eigenvalue weighted by atomic mass is 10.1. The molecule has 0 spiro atoms. The third-order valence-electron chi connectivity index (χ3n) is 4.43. The van der Waals surface area contributed by atoms with Crippen LogP contribution in [0.25, 0.3) is 0 Å². The first kappa shape index (κ1) is 18.6. The molecule has 0 atom stereocenters. The number of ether oxygens (including phenoxy) is 1. The fourth-order valence-electron chi connectivity index (χ4n) is 2.90. The molecule has 0 saturated heterocycles. The number of aromatic nitrogens is 1. The van der Waals surface area contributed by atoms with Gasteiger partial charge in [0.2, 0.25) is 6.54 Å².